The van der Waals surface area contributed by atoms with E-state index in [4.69, 9.17) is 7.85 Å². The van der Waals surface area contributed by atoms with Gasteiger partial charge in [0.05, 0.1) is 13.7 Å². The van der Waals surface area contributed by atoms with Gasteiger partial charge in [-0.3, -0.25) is 9.59 Å². The molecule has 0 heterocycles. The third-order valence-corrected chi connectivity index (χ3v) is 2.07. The molecule has 0 aromatic carbocycles. The third kappa shape index (κ3) is 4.47. The molecule has 1 amide bonds. The second-order valence-corrected chi connectivity index (χ2v) is 3.80. The molecule has 16 heavy (non-hydrogen) atoms. The van der Waals surface area contributed by atoms with Crippen molar-refractivity contribution >= 4 is 19.5 Å². The Balaban J connectivity index is 4.52. The van der Waals surface area contributed by atoms with Gasteiger partial charge in [-0.1, -0.05) is 33.4 Å². The third-order valence-electron chi connectivity index (χ3n) is 2.07. The van der Waals surface area contributed by atoms with Crippen LogP contribution in [0.4, 0.5) is 0 Å². The summed E-state index contributed by atoms with van der Waals surface area (Å²) >= 11 is 0. The van der Waals surface area contributed by atoms with Crippen molar-refractivity contribution in [3.05, 3.63) is 24.4 Å². The molecular weight excluding hydrogens is 201 g/mol. The van der Waals surface area contributed by atoms with E-state index in [2.05, 4.69) is 11.9 Å². The van der Waals surface area contributed by atoms with Crippen molar-refractivity contribution < 1.29 is 9.59 Å². The van der Waals surface area contributed by atoms with Gasteiger partial charge in [0.1, 0.15) is 5.78 Å². The molecule has 0 bridgehead atoms. The van der Waals surface area contributed by atoms with E-state index in [0.717, 1.165) is 6.42 Å². The lowest BCUT2D eigenvalue weighted by Crippen LogP contribution is -2.32. The molecule has 86 valence electrons. The number of hydrogen-bond donors (Lipinski definition) is 1. The normalized spacial score (nSPS) is 13.4. The predicted octanol–water partition coefficient (Wildman–Crippen LogP) is 1.76. The molecule has 0 aliphatic carbocycles. The summed E-state index contributed by atoms with van der Waals surface area (Å²) in [6.07, 6.45) is 4.10. The van der Waals surface area contributed by atoms with Gasteiger partial charge in [-0.25, -0.2) is 0 Å². The van der Waals surface area contributed by atoms with E-state index in [1.54, 1.807) is 19.9 Å². The SMILES string of the molecule is [B]C(C(=O)N/C(C=C)=C/CC)C(=O)C(C)C. The minimum absolute atomic E-state index is 0.247. The smallest absolute Gasteiger partial charge is 0.225 e. The second-order valence-electron chi connectivity index (χ2n) is 3.80. The van der Waals surface area contributed by atoms with Crippen LogP contribution in [0.3, 0.4) is 0 Å². The summed E-state index contributed by atoms with van der Waals surface area (Å²) in [6, 6.07) is 0. The zero-order valence-electron chi connectivity index (χ0n) is 10.1. The fourth-order valence-corrected chi connectivity index (χ4v) is 1.11. The highest BCUT2D eigenvalue weighted by Crippen LogP contribution is 2.10. The number of carbonyl (C=O) groups excluding carboxylic acids is 2. The van der Waals surface area contributed by atoms with Crippen LogP contribution in [0, 0.1) is 5.92 Å². The number of allylic oxidation sites excluding steroid dienone is 2. The molecule has 0 aromatic heterocycles. The Hall–Kier alpha value is -1.32. The van der Waals surface area contributed by atoms with Gasteiger partial charge in [-0.05, 0) is 12.5 Å². The first-order chi connectivity index (χ1) is 7.43. The van der Waals surface area contributed by atoms with Crippen LogP contribution in [0.15, 0.2) is 24.4 Å². The Morgan fingerprint density at radius 2 is 2.00 bits per heavy atom. The molecule has 0 aliphatic rings. The first-order valence-electron chi connectivity index (χ1n) is 5.36. The van der Waals surface area contributed by atoms with Crippen LogP contribution >= 0.6 is 0 Å². The average molecular weight is 219 g/mol. The van der Waals surface area contributed by atoms with E-state index in [1.165, 1.54) is 6.08 Å². The van der Waals surface area contributed by atoms with Gasteiger partial charge in [-0.2, -0.15) is 0 Å². The van der Waals surface area contributed by atoms with Gasteiger partial charge in [0.2, 0.25) is 5.91 Å². The Morgan fingerprint density at radius 3 is 2.38 bits per heavy atom. The molecule has 0 fully saturated rings. The summed E-state index contributed by atoms with van der Waals surface area (Å²) in [5.41, 5.74) is 0.583. The van der Waals surface area contributed by atoms with Crippen molar-refractivity contribution in [2.24, 2.45) is 5.92 Å². The van der Waals surface area contributed by atoms with Crippen molar-refractivity contribution in [3.8, 4) is 0 Å². The summed E-state index contributed by atoms with van der Waals surface area (Å²) in [7, 11) is 5.54. The van der Waals surface area contributed by atoms with E-state index >= 15 is 0 Å². The number of ketones is 1. The van der Waals surface area contributed by atoms with Gasteiger partial charge >= 0.3 is 0 Å². The Labute approximate surface area is 98.4 Å². The van der Waals surface area contributed by atoms with E-state index < -0.39 is 11.7 Å². The number of amides is 1. The van der Waals surface area contributed by atoms with E-state index in [0.29, 0.717) is 5.70 Å². The minimum atomic E-state index is -1.11. The van der Waals surface area contributed by atoms with Crippen LogP contribution in [-0.2, 0) is 9.59 Å². The van der Waals surface area contributed by atoms with Crippen LogP contribution in [0.1, 0.15) is 27.2 Å². The van der Waals surface area contributed by atoms with Crippen LogP contribution in [0.2, 0.25) is 5.82 Å². The van der Waals surface area contributed by atoms with Crippen molar-refractivity contribution in [2.45, 2.75) is 33.0 Å². The molecule has 3 nitrogen and oxygen atoms in total. The molecule has 1 N–H and O–H groups in total. The van der Waals surface area contributed by atoms with Crippen molar-refractivity contribution in [1.82, 2.24) is 5.32 Å². The predicted molar refractivity (Wildman–Crippen MR) is 66.1 cm³/mol. The van der Waals surface area contributed by atoms with Crippen LogP contribution in [-0.4, -0.2) is 19.5 Å². The fraction of sp³-hybridized carbons (Fsp3) is 0.500. The molecule has 0 spiro atoms. The molecule has 4 heteroatoms. The van der Waals surface area contributed by atoms with Crippen molar-refractivity contribution in [2.75, 3.05) is 0 Å². The molecule has 0 saturated heterocycles. The van der Waals surface area contributed by atoms with E-state index in [1.807, 2.05) is 6.92 Å². The first kappa shape index (κ1) is 14.7. The topological polar surface area (TPSA) is 46.2 Å². The zero-order chi connectivity index (χ0) is 12.7. The molecule has 0 rings (SSSR count). The summed E-state index contributed by atoms with van der Waals surface area (Å²) in [6.45, 7) is 8.93. The summed E-state index contributed by atoms with van der Waals surface area (Å²) in [4.78, 5) is 23.1. The molecule has 1 atom stereocenters. The lowest BCUT2D eigenvalue weighted by atomic mass is 9.79. The number of nitrogens with one attached hydrogen (secondary N) is 1. The monoisotopic (exact) mass is 219 g/mol. The largest absolute Gasteiger partial charge is 0.326 e. The zero-order valence-corrected chi connectivity index (χ0v) is 10.1. The first-order valence-corrected chi connectivity index (χ1v) is 5.36. The lowest BCUT2D eigenvalue weighted by Gasteiger charge is -2.14. The Kier molecular flexibility index (Phi) is 6.46. The van der Waals surface area contributed by atoms with Crippen LogP contribution < -0.4 is 5.32 Å². The Morgan fingerprint density at radius 1 is 1.44 bits per heavy atom. The molecule has 0 aromatic rings. The number of Topliss-reactive ketones (excluding diaryl/α,β-unsaturated/α-hetero) is 1. The standard InChI is InChI=1S/C12H18BNO2/c1-5-7-9(6-2)14-12(16)10(13)11(15)8(3)4/h6-8,10H,2,5H2,1,3-4H3,(H,14,16)/b9-7+. The number of rotatable bonds is 6. The molecule has 0 saturated carbocycles. The van der Waals surface area contributed by atoms with Crippen LogP contribution in [0.5, 0.6) is 0 Å². The molecule has 0 aliphatic heterocycles. The average Bonchev–Trinajstić information content (AvgIpc) is 2.25. The van der Waals surface area contributed by atoms with Gasteiger partial charge in [-0.15, -0.1) is 0 Å². The Bertz CT molecular complexity index is 308. The molecule has 1 unspecified atom stereocenters. The van der Waals surface area contributed by atoms with Gasteiger partial charge < -0.3 is 5.32 Å². The molecular formula is C12H18BNO2. The summed E-state index contributed by atoms with van der Waals surface area (Å²) in [5, 5.41) is 2.56. The number of hydrogen-bond acceptors (Lipinski definition) is 2. The maximum absolute atomic E-state index is 11.6. The van der Waals surface area contributed by atoms with E-state index in [-0.39, 0.29) is 11.7 Å². The minimum Gasteiger partial charge on any atom is -0.326 e. The maximum atomic E-state index is 11.6. The maximum Gasteiger partial charge on any atom is 0.225 e. The van der Waals surface area contributed by atoms with Gasteiger partial charge in [0.25, 0.3) is 0 Å². The quantitative estimate of drug-likeness (QED) is 0.420. The van der Waals surface area contributed by atoms with Crippen LogP contribution in [0.25, 0.3) is 0 Å². The van der Waals surface area contributed by atoms with E-state index in [9.17, 15) is 9.59 Å². The lowest BCUT2D eigenvalue weighted by molar-refractivity contribution is -0.129. The summed E-state index contributed by atoms with van der Waals surface area (Å²) in [5.74, 6) is -2.11. The highest BCUT2D eigenvalue weighted by atomic mass is 16.2. The highest BCUT2D eigenvalue weighted by Gasteiger charge is 2.22. The van der Waals surface area contributed by atoms with Crippen molar-refractivity contribution in [1.29, 1.82) is 0 Å². The second kappa shape index (κ2) is 7.04. The number of carbonyl (C=O) groups is 2. The van der Waals surface area contributed by atoms with Crippen molar-refractivity contribution in [3.63, 3.8) is 0 Å². The molecule has 2 radical (unpaired) electrons. The summed E-state index contributed by atoms with van der Waals surface area (Å²) < 4.78 is 0. The highest BCUT2D eigenvalue weighted by molar-refractivity contribution is 6.36. The fourth-order valence-electron chi connectivity index (χ4n) is 1.11. The van der Waals surface area contributed by atoms with Gasteiger partial charge in [0.15, 0.2) is 0 Å². The van der Waals surface area contributed by atoms with Gasteiger partial charge in [0, 0.05) is 11.6 Å².